The van der Waals surface area contributed by atoms with Gasteiger partial charge in [0.05, 0.1) is 26.4 Å². The Labute approximate surface area is 626 Å². The van der Waals surface area contributed by atoms with Gasteiger partial charge >= 0.3 is 39.5 Å². The largest absolute Gasteiger partial charge is 0.472 e. The van der Waals surface area contributed by atoms with E-state index in [0.29, 0.717) is 25.7 Å². The molecule has 17 nitrogen and oxygen atoms in total. The number of esters is 4. The van der Waals surface area contributed by atoms with Crippen molar-refractivity contribution in [2.24, 2.45) is 0 Å². The number of carbonyl (C=O) groups is 4. The van der Waals surface area contributed by atoms with Crippen LogP contribution in [0.3, 0.4) is 0 Å². The first-order chi connectivity index (χ1) is 49.7. The number of aliphatic hydroxyl groups is 1. The second-order valence-corrected chi connectivity index (χ2v) is 32.8. The maximum absolute atomic E-state index is 13.1. The van der Waals surface area contributed by atoms with Gasteiger partial charge in [-0.1, -0.05) is 400 Å². The Kier molecular flexibility index (Phi) is 75.8. The summed E-state index contributed by atoms with van der Waals surface area (Å²) < 4.78 is 68.6. The van der Waals surface area contributed by atoms with Gasteiger partial charge in [0.1, 0.15) is 19.3 Å². The molecule has 0 aliphatic carbocycles. The predicted molar refractivity (Wildman–Crippen MR) is 419 cm³/mol. The molecule has 606 valence electrons. The van der Waals surface area contributed by atoms with Gasteiger partial charge in [0.15, 0.2) is 12.2 Å². The molecule has 0 aliphatic rings. The second kappa shape index (κ2) is 77.2. The zero-order valence-electron chi connectivity index (χ0n) is 66.6. The number of phosphoric acid groups is 2. The topological polar surface area (TPSA) is 237 Å². The fourth-order valence-corrected chi connectivity index (χ4v) is 14.6. The molecule has 0 bridgehead atoms. The van der Waals surface area contributed by atoms with Crippen LogP contribution in [0.4, 0.5) is 0 Å². The Bertz CT molecular complexity index is 1930. The van der Waals surface area contributed by atoms with Gasteiger partial charge in [0.25, 0.3) is 0 Å². The summed E-state index contributed by atoms with van der Waals surface area (Å²) in [5, 5.41) is 10.6. The van der Waals surface area contributed by atoms with Crippen molar-refractivity contribution in [3.63, 3.8) is 0 Å². The molecule has 0 aromatic carbocycles. The zero-order valence-corrected chi connectivity index (χ0v) is 68.4. The fourth-order valence-electron chi connectivity index (χ4n) is 13.0. The summed E-state index contributed by atoms with van der Waals surface area (Å²) in [6, 6.07) is 0. The molecule has 3 N–H and O–H groups in total. The van der Waals surface area contributed by atoms with Gasteiger partial charge in [0.2, 0.25) is 0 Å². The Morgan fingerprint density at radius 1 is 0.235 bits per heavy atom. The number of aliphatic hydroxyl groups excluding tert-OH is 1. The minimum Gasteiger partial charge on any atom is -0.462 e. The van der Waals surface area contributed by atoms with Gasteiger partial charge in [-0.05, 0) is 25.7 Å². The van der Waals surface area contributed by atoms with Gasteiger partial charge in [-0.3, -0.25) is 37.3 Å². The zero-order chi connectivity index (χ0) is 74.6. The lowest BCUT2D eigenvalue weighted by atomic mass is 10.0. The molecule has 5 atom stereocenters. The summed E-state index contributed by atoms with van der Waals surface area (Å²) in [7, 11) is -9.91. The molecular weight excluding hydrogens is 1330 g/mol. The highest BCUT2D eigenvalue weighted by atomic mass is 31.2. The van der Waals surface area contributed by atoms with Crippen LogP contribution in [0.5, 0.6) is 0 Å². The lowest BCUT2D eigenvalue weighted by Gasteiger charge is -2.21. The van der Waals surface area contributed by atoms with Crippen molar-refractivity contribution < 1.29 is 80.2 Å². The average Bonchev–Trinajstić information content (AvgIpc) is 0.962. The maximum Gasteiger partial charge on any atom is 0.472 e. The van der Waals surface area contributed by atoms with Gasteiger partial charge < -0.3 is 33.8 Å². The molecular formula is C83H162O17P2. The van der Waals surface area contributed by atoms with E-state index in [2.05, 4.69) is 27.7 Å². The van der Waals surface area contributed by atoms with Crippen LogP contribution >= 0.6 is 15.6 Å². The second-order valence-electron chi connectivity index (χ2n) is 29.9. The van der Waals surface area contributed by atoms with E-state index in [0.717, 1.165) is 96.3 Å². The Morgan fingerprint density at radius 3 is 0.578 bits per heavy atom. The van der Waals surface area contributed by atoms with E-state index in [1.165, 1.54) is 276 Å². The monoisotopic (exact) mass is 1490 g/mol. The molecule has 102 heavy (non-hydrogen) atoms. The number of ether oxygens (including phenoxy) is 4. The van der Waals surface area contributed by atoms with Crippen LogP contribution in [0, 0.1) is 0 Å². The van der Waals surface area contributed by atoms with Crippen LogP contribution in [-0.2, 0) is 65.4 Å². The number of unbranched alkanes of at least 4 members (excludes halogenated alkanes) is 58. The van der Waals surface area contributed by atoms with Gasteiger partial charge in [0, 0.05) is 25.7 Å². The van der Waals surface area contributed by atoms with Gasteiger partial charge in [-0.15, -0.1) is 0 Å². The van der Waals surface area contributed by atoms with Crippen molar-refractivity contribution in [3.8, 4) is 0 Å². The molecule has 0 saturated heterocycles. The third-order valence-electron chi connectivity index (χ3n) is 19.6. The summed E-state index contributed by atoms with van der Waals surface area (Å²) in [6.45, 7) is 4.95. The Morgan fingerprint density at radius 2 is 0.392 bits per heavy atom. The molecule has 0 heterocycles. The highest BCUT2D eigenvalue weighted by Gasteiger charge is 2.30. The SMILES string of the molecule is CCCCCCCCCCCCCCCCCCCCCC(=O)OC[C@H](COP(=O)(O)OC[C@@H](O)COP(=O)(O)OC[C@@H](COC(=O)CCCCCCC)OC(=O)CCCCCCCCCCCCCCCCCCCCC)OC(=O)CCCCCCCCCCCCCCCCCCCCC. The maximum atomic E-state index is 13.1. The van der Waals surface area contributed by atoms with Crippen molar-refractivity contribution in [2.45, 2.75) is 470 Å². The first-order valence-corrected chi connectivity index (χ1v) is 46.3. The van der Waals surface area contributed by atoms with Crippen LogP contribution in [0.25, 0.3) is 0 Å². The lowest BCUT2D eigenvalue weighted by Crippen LogP contribution is -2.30. The average molecular weight is 1490 g/mol. The highest BCUT2D eigenvalue weighted by Crippen LogP contribution is 2.45. The van der Waals surface area contributed by atoms with Crippen LogP contribution in [0.2, 0.25) is 0 Å². The van der Waals surface area contributed by atoms with Gasteiger partial charge in [-0.25, -0.2) is 9.13 Å². The standard InChI is InChI=1S/C83H162O17P2/c1-5-9-13-17-20-23-26-29-32-35-38-41-44-47-50-53-56-60-64-68-81(86)94-74-79(100-83(88)70-66-62-58-55-52-49-46-43-40-37-34-31-28-25-22-19-15-11-7-3)76-98-102(91,92)96-72-77(84)71-95-101(89,90)97-75-78(73-93-80(85)67-63-59-16-12-8-4)99-82(87)69-65-61-57-54-51-48-45-42-39-36-33-30-27-24-21-18-14-10-6-2/h77-79,84H,5-76H2,1-4H3,(H,89,90)(H,91,92)/t77-,78+,79+/m0/s1. The Balaban J connectivity index is 5.10. The van der Waals surface area contributed by atoms with Crippen LogP contribution in [0.1, 0.15) is 451 Å². The molecule has 0 saturated carbocycles. The number of hydrogen-bond acceptors (Lipinski definition) is 15. The van der Waals surface area contributed by atoms with E-state index in [1.54, 1.807) is 0 Å². The normalized spacial score (nSPS) is 13.8. The van der Waals surface area contributed by atoms with Crippen LogP contribution in [-0.4, -0.2) is 96.7 Å². The smallest absolute Gasteiger partial charge is 0.462 e. The van der Waals surface area contributed by atoms with Crippen molar-refractivity contribution in [3.05, 3.63) is 0 Å². The molecule has 0 radical (unpaired) electrons. The first-order valence-electron chi connectivity index (χ1n) is 43.3. The third-order valence-corrected chi connectivity index (χ3v) is 21.5. The van der Waals surface area contributed by atoms with Crippen LogP contribution < -0.4 is 0 Å². The molecule has 0 fully saturated rings. The molecule has 0 spiro atoms. The first kappa shape index (κ1) is 100. The molecule has 0 aliphatic heterocycles. The van der Waals surface area contributed by atoms with E-state index in [-0.39, 0.29) is 25.7 Å². The van der Waals surface area contributed by atoms with Crippen molar-refractivity contribution in [1.82, 2.24) is 0 Å². The van der Waals surface area contributed by atoms with Crippen molar-refractivity contribution in [1.29, 1.82) is 0 Å². The van der Waals surface area contributed by atoms with E-state index in [1.807, 2.05) is 0 Å². The molecule has 0 aromatic heterocycles. The molecule has 0 rings (SSSR count). The summed E-state index contributed by atoms with van der Waals surface area (Å²) in [5.41, 5.74) is 0. The number of carbonyl (C=O) groups excluding carboxylic acids is 4. The lowest BCUT2D eigenvalue weighted by molar-refractivity contribution is -0.161. The van der Waals surface area contributed by atoms with Crippen molar-refractivity contribution >= 4 is 39.5 Å². The van der Waals surface area contributed by atoms with E-state index in [9.17, 15) is 43.2 Å². The highest BCUT2D eigenvalue weighted by molar-refractivity contribution is 7.47. The van der Waals surface area contributed by atoms with E-state index >= 15 is 0 Å². The van der Waals surface area contributed by atoms with E-state index < -0.39 is 97.5 Å². The van der Waals surface area contributed by atoms with Gasteiger partial charge in [-0.2, -0.15) is 0 Å². The summed E-state index contributed by atoms with van der Waals surface area (Å²) in [6.07, 6.45) is 71.4. The third kappa shape index (κ3) is 76.3. The molecule has 0 amide bonds. The van der Waals surface area contributed by atoms with E-state index in [4.69, 9.17) is 37.0 Å². The summed E-state index contributed by atoms with van der Waals surface area (Å²) in [5.74, 6) is -2.11. The quantitative estimate of drug-likeness (QED) is 0.0222. The number of phosphoric ester groups is 2. The Hall–Kier alpha value is -1.94. The molecule has 2 unspecified atom stereocenters. The predicted octanol–water partition coefficient (Wildman–Crippen LogP) is 25.4. The molecule has 0 aromatic rings. The number of hydrogen-bond donors (Lipinski definition) is 3. The minimum absolute atomic E-state index is 0.108. The fraction of sp³-hybridized carbons (Fsp3) is 0.952. The number of rotatable bonds is 84. The van der Waals surface area contributed by atoms with Crippen molar-refractivity contribution in [2.75, 3.05) is 39.6 Å². The van der Waals surface area contributed by atoms with Crippen LogP contribution in [0.15, 0.2) is 0 Å². The minimum atomic E-state index is -4.96. The summed E-state index contributed by atoms with van der Waals surface area (Å²) in [4.78, 5) is 72.8. The summed E-state index contributed by atoms with van der Waals surface area (Å²) >= 11 is 0. The molecule has 19 heteroatoms.